The lowest BCUT2D eigenvalue weighted by atomic mass is 9.94. The van der Waals surface area contributed by atoms with Gasteiger partial charge in [-0.2, -0.15) is 5.26 Å². The van der Waals surface area contributed by atoms with Crippen molar-refractivity contribution in [2.24, 2.45) is 11.3 Å². The molecular formula is C11H20N2O. The van der Waals surface area contributed by atoms with Crippen molar-refractivity contribution in [1.82, 2.24) is 5.32 Å². The minimum atomic E-state index is -0.911. The Morgan fingerprint density at radius 2 is 1.93 bits per heavy atom. The molecule has 0 bridgehead atoms. The Hall–Kier alpha value is -1.04. The van der Waals surface area contributed by atoms with Gasteiger partial charge in [-0.1, -0.05) is 26.7 Å². The number of hydrogen-bond acceptors (Lipinski definition) is 2. The van der Waals surface area contributed by atoms with E-state index in [0.29, 0.717) is 12.5 Å². The van der Waals surface area contributed by atoms with E-state index in [1.54, 1.807) is 13.8 Å². The van der Waals surface area contributed by atoms with E-state index in [4.69, 9.17) is 5.26 Å². The Bertz CT molecular complexity index is 224. The van der Waals surface area contributed by atoms with Gasteiger partial charge in [-0.15, -0.1) is 0 Å². The highest BCUT2D eigenvalue weighted by Gasteiger charge is 2.26. The molecule has 0 aliphatic carbocycles. The summed E-state index contributed by atoms with van der Waals surface area (Å²) in [5.74, 6) is 0.348. The highest BCUT2D eigenvalue weighted by Crippen LogP contribution is 2.13. The Morgan fingerprint density at radius 3 is 2.29 bits per heavy atom. The van der Waals surface area contributed by atoms with Gasteiger partial charge in [-0.25, -0.2) is 0 Å². The molecule has 3 nitrogen and oxygen atoms in total. The number of nitrogens with one attached hydrogen (secondary N) is 1. The van der Waals surface area contributed by atoms with Gasteiger partial charge in [-0.3, -0.25) is 4.79 Å². The van der Waals surface area contributed by atoms with Crippen LogP contribution in [0.2, 0.25) is 0 Å². The molecule has 0 atom stereocenters. The van der Waals surface area contributed by atoms with E-state index in [0.717, 1.165) is 12.8 Å². The van der Waals surface area contributed by atoms with Crippen LogP contribution >= 0.6 is 0 Å². The first-order chi connectivity index (χ1) is 6.47. The van der Waals surface area contributed by atoms with Crippen molar-refractivity contribution in [3.05, 3.63) is 0 Å². The maximum atomic E-state index is 11.5. The predicted molar refractivity (Wildman–Crippen MR) is 56.5 cm³/mol. The van der Waals surface area contributed by atoms with Gasteiger partial charge in [-0.05, 0) is 19.8 Å². The second kappa shape index (κ2) is 5.64. The van der Waals surface area contributed by atoms with Gasteiger partial charge in [0.2, 0.25) is 5.91 Å². The smallest absolute Gasteiger partial charge is 0.239 e. The molecule has 0 saturated heterocycles. The van der Waals surface area contributed by atoms with Crippen molar-refractivity contribution in [1.29, 1.82) is 5.26 Å². The van der Waals surface area contributed by atoms with Crippen LogP contribution in [0.15, 0.2) is 0 Å². The van der Waals surface area contributed by atoms with Crippen LogP contribution in [0.3, 0.4) is 0 Å². The summed E-state index contributed by atoms with van der Waals surface area (Å²) in [7, 11) is 0. The molecule has 1 N–H and O–H groups in total. The summed E-state index contributed by atoms with van der Waals surface area (Å²) < 4.78 is 0. The molecule has 0 aliphatic rings. The van der Waals surface area contributed by atoms with Crippen LogP contribution in [-0.4, -0.2) is 12.5 Å². The molecule has 3 heteroatoms. The molecule has 0 aromatic heterocycles. The van der Waals surface area contributed by atoms with Gasteiger partial charge < -0.3 is 5.32 Å². The molecule has 1 amide bonds. The summed E-state index contributed by atoms with van der Waals surface area (Å²) >= 11 is 0. The maximum Gasteiger partial charge on any atom is 0.239 e. The van der Waals surface area contributed by atoms with Crippen LogP contribution in [0.4, 0.5) is 0 Å². The molecule has 0 rings (SSSR count). The molecule has 0 saturated carbocycles. The van der Waals surface area contributed by atoms with Crippen LogP contribution in [0, 0.1) is 22.7 Å². The zero-order chi connectivity index (χ0) is 11.2. The summed E-state index contributed by atoms with van der Waals surface area (Å²) in [5, 5.41) is 11.5. The van der Waals surface area contributed by atoms with Crippen molar-refractivity contribution in [2.45, 2.75) is 40.5 Å². The largest absolute Gasteiger partial charge is 0.354 e. The topological polar surface area (TPSA) is 52.9 Å². The molecular weight excluding hydrogens is 176 g/mol. The average Bonchev–Trinajstić information content (AvgIpc) is 2.19. The Balaban J connectivity index is 4.04. The lowest BCUT2D eigenvalue weighted by Gasteiger charge is -2.18. The lowest BCUT2D eigenvalue weighted by Crippen LogP contribution is -2.38. The molecule has 0 radical (unpaired) electrons. The number of amides is 1. The normalized spacial score (nSPS) is 11.1. The van der Waals surface area contributed by atoms with Gasteiger partial charge in [0.25, 0.3) is 0 Å². The highest BCUT2D eigenvalue weighted by molar-refractivity contribution is 5.84. The standard InChI is InChI=1S/C11H20N2O/c1-5-9(6-2)7-13-10(14)11(3,4)8-12/h9H,5-7H2,1-4H3,(H,13,14). The zero-order valence-electron chi connectivity index (χ0n) is 9.55. The first-order valence-electron chi connectivity index (χ1n) is 5.17. The molecule has 0 unspecified atom stereocenters. The molecule has 0 aromatic rings. The second-order valence-electron chi connectivity index (χ2n) is 4.13. The maximum absolute atomic E-state index is 11.5. The summed E-state index contributed by atoms with van der Waals surface area (Å²) in [6.07, 6.45) is 2.12. The molecule has 80 valence electrons. The SMILES string of the molecule is CCC(CC)CNC(=O)C(C)(C)C#N. The van der Waals surface area contributed by atoms with E-state index in [2.05, 4.69) is 19.2 Å². The van der Waals surface area contributed by atoms with Crippen molar-refractivity contribution in [2.75, 3.05) is 6.54 Å². The fraction of sp³-hybridized carbons (Fsp3) is 0.818. The fourth-order valence-corrected chi connectivity index (χ4v) is 1.09. The second-order valence-corrected chi connectivity index (χ2v) is 4.13. The molecule has 0 aliphatic heterocycles. The molecule has 0 spiro atoms. The predicted octanol–water partition coefficient (Wildman–Crippen LogP) is 2.09. The number of nitriles is 1. The summed E-state index contributed by atoms with van der Waals surface area (Å²) in [6.45, 7) is 8.16. The van der Waals surface area contributed by atoms with Gasteiger partial charge in [0.15, 0.2) is 0 Å². The average molecular weight is 196 g/mol. The summed E-state index contributed by atoms with van der Waals surface area (Å²) in [5.41, 5.74) is -0.911. The number of carbonyl (C=O) groups excluding carboxylic acids is 1. The van der Waals surface area contributed by atoms with Gasteiger partial charge >= 0.3 is 0 Å². The van der Waals surface area contributed by atoms with Crippen molar-refractivity contribution in [3.63, 3.8) is 0 Å². The minimum Gasteiger partial charge on any atom is -0.354 e. The van der Waals surface area contributed by atoms with Gasteiger partial charge in [0, 0.05) is 6.54 Å². The Morgan fingerprint density at radius 1 is 1.43 bits per heavy atom. The zero-order valence-corrected chi connectivity index (χ0v) is 9.55. The Labute approximate surface area is 86.5 Å². The van der Waals surface area contributed by atoms with Crippen LogP contribution in [-0.2, 0) is 4.79 Å². The van der Waals surface area contributed by atoms with Crippen molar-refractivity contribution in [3.8, 4) is 6.07 Å². The molecule has 0 heterocycles. The first-order valence-corrected chi connectivity index (χ1v) is 5.17. The number of carbonyl (C=O) groups is 1. The number of nitrogens with zero attached hydrogens (tertiary/aromatic N) is 1. The van der Waals surface area contributed by atoms with Gasteiger partial charge in [0.1, 0.15) is 5.41 Å². The van der Waals surface area contributed by atoms with E-state index >= 15 is 0 Å². The molecule has 0 aromatic carbocycles. The van der Waals surface area contributed by atoms with E-state index < -0.39 is 5.41 Å². The van der Waals surface area contributed by atoms with Crippen molar-refractivity contribution < 1.29 is 4.79 Å². The summed E-state index contributed by atoms with van der Waals surface area (Å²) in [4.78, 5) is 11.5. The number of hydrogen-bond donors (Lipinski definition) is 1. The molecule has 14 heavy (non-hydrogen) atoms. The van der Waals surface area contributed by atoms with E-state index in [1.165, 1.54) is 0 Å². The minimum absolute atomic E-state index is 0.174. The van der Waals surface area contributed by atoms with E-state index in [1.807, 2.05) is 6.07 Å². The number of rotatable bonds is 5. The van der Waals surface area contributed by atoms with Crippen LogP contribution in [0.5, 0.6) is 0 Å². The third kappa shape index (κ3) is 3.78. The van der Waals surface area contributed by atoms with E-state index in [-0.39, 0.29) is 5.91 Å². The quantitative estimate of drug-likeness (QED) is 0.732. The fourth-order valence-electron chi connectivity index (χ4n) is 1.09. The van der Waals surface area contributed by atoms with Crippen LogP contribution in [0.25, 0.3) is 0 Å². The third-order valence-electron chi connectivity index (χ3n) is 2.55. The summed E-state index contributed by atoms with van der Waals surface area (Å²) in [6, 6.07) is 1.99. The lowest BCUT2D eigenvalue weighted by molar-refractivity contribution is -0.127. The molecule has 0 fully saturated rings. The first kappa shape index (κ1) is 13.0. The van der Waals surface area contributed by atoms with Crippen LogP contribution < -0.4 is 5.32 Å². The Kier molecular flexibility index (Phi) is 5.22. The monoisotopic (exact) mass is 196 g/mol. The van der Waals surface area contributed by atoms with E-state index in [9.17, 15) is 4.79 Å². The highest BCUT2D eigenvalue weighted by atomic mass is 16.2. The van der Waals surface area contributed by atoms with Crippen molar-refractivity contribution >= 4 is 5.91 Å². The van der Waals surface area contributed by atoms with Gasteiger partial charge in [0.05, 0.1) is 6.07 Å². The third-order valence-corrected chi connectivity index (χ3v) is 2.55. The van der Waals surface area contributed by atoms with Crippen LogP contribution in [0.1, 0.15) is 40.5 Å².